The quantitative estimate of drug-likeness (QED) is 0.570. The van der Waals surface area contributed by atoms with Gasteiger partial charge in [-0.1, -0.05) is 48.5 Å². The highest BCUT2D eigenvalue weighted by molar-refractivity contribution is 5.78. The fourth-order valence-corrected chi connectivity index (χ4v) is 2.83. The van der Waals surface area contributed by atoms with E-state index in [9.17, 15) is 9.59 Å². The molecular weight excluding hydrogens is 342 g/mol. The SMILES string of the molecule is O=C(Cc1ccccc1)NCc1nc2c(cnn2-c2ccccc2)c(=O)[nH]1. The van der Waals surface area contributed by atoms with Gasteiger partial charge in [-0.3, -0.25) is 9.59 Å². The van der Waals surface area contributed by atoms with Crippen LogP contribution in [-0.4, -0.2) is 25.7 Å². The van der Waals surface area contributed by atoms with Gasteiger partial charge in [0.15, 0.2) is 5.65 Å². The Balaban J connectivity index is 1.56. The van der Waals surface area contributed by atoms with Crippen LogP contribution in [0.15, 0.2) is 71.7 Å². The monoisotopic (exact) mass is 359 g/mol. The minimum absolute atomic E-state index is 0.136. The molecule has 134 valence electrons. The van der Waals surface area contributed by atoms with Crippen LogP contribution in [-0.2, 0) is 17.8 Å². The van der Waals surface area contributed by atoms with Gasteiger partial charge in [-0.2, -0.15) is 5.10 Å². The van der Waals surface area contributed by atoms with Crippen LogP contribution in [0, 0.1) is 0 Å². The van der Waals surface area contributed by atoms with Crippen molar-refractivity contribution in [2.45, 2.75) is 13.0 Å². The van der Waals surface area contributed by atoms with Crippen molar-refractivity contribution in [3.8, 4) is 5.69 Å². The van der Waals surface area contributed by atoms with Crippen molar-refractivity contribution < 1.29 is 4.79 Å². The van der Waals surface area contributed by atoms with Crippen LogP contribution < -0.4 is 10.9 Å². The number of H-pyrrole nitrogens is 1. The number of para-hydroxylation sites is 1. The summed E-state index contributed by atoms with van der Waals surface area (Å²) in [7, 11) is 0. The highest BCUT2D eigenvalue weighted by atomic mass is 16.1. The van der Waals surface area contributed by atoms with Gasteiger partial charge in [-0.25, -0.2) is 9.67 Å². The van der Waals surface area contributed by atoms with Gasteiger partial charge in [0.05, 0.1) is 24.8 Å². The molecule has 0 unspecified atom stereocenters. The molecule has 0 radical (unpaired) electrons. The van der Waals surface area contributed by atoms with E-state index >= 15 is 0 Å². The summed E-state index contributed by atoms with van der Waals surface area (Å²) in [5.41, 5.74) is 1.91. The number of hydrogen-bond acceptors (Lipinski definition) is 4. The van der Waals surface area contributed by atoms with Gasteiger partial charge in [0.2, 0.25) is 5.91 Å². The maximum absolute atomic E-state index is 12.3. The molecule has 7 heteroatoms. The first-order valence-electron chi connectivity index (χ1n) is 8.54. The lowest BCUT2D eigenvalue weighted by molar-refractivity contribution is -0.120. The lowest BCUT2D eigenvalue weighted by Gasteiger charge is -2.06. The molecule has 0 bridgehead atoms. The minimum atomic E-state index is -0.283. The van der Waals surface area contributed by atoms with E-state index in [1.54, 1.807) is 4.68 Å². The van der Waals surface area contributed by atoms with E-state index in [-0.39, 0.29) is 24.4 Å². The fraction of sp³-hybridized carbons (Fsp3) is 0.100. The van der Waals surface area contributed by atoms with Crippen LogP contribution in [0.4, 0.5) is 0 Å². The topological polar surface area (TPSA) is 92.7 Å². The Morgan fingerprint density at radius 1 is 1.04 bits per heavy atom. The first-order chi connectivity index (χ1) is 13.2. The molecule has 2 aromatic carbocycles. The number of nitrogens with one attached hydrogen (secondary N) is 2. The number of nitrogens with zero attached hydrogens (tertiary/aromatic N) is 3. The number of carbonyl (C=O) groups excluding carboxylic acids is 1. The minimum Gasteiger partial charge on any atom is -0.349 e. The Hall–Kier alpha value is -3.74. The molecular formula is C20H17N5O2. The van der Waals surface area contributed by atoms with Gasteiger partial charge in [-0.05, 0) is 17.7 Å². The maximum atomic E-state index is 12.3. The Labute approximate surface area is 154 Å². The zero-order valence-corrected chi connectivity index (χ0v) is 14.4. The molecule has 4 aromatic rings. The Morgan fingerprint density at radius 3 is 2.48 bits per heavy atom. The van der Waals surface area contributed by atoms with E-state index < -0.39 is 0 Å². The number of rotatable bonds is 5. The standard InChI is InChI=1S/C20H17N5O2/c26-18(11-14-7-3-1-4-8-14)21-13-17-23-19-16(20(27)24-17)12-22-25(19)15-9-5-2-6-10-15/h1-10,12H,11,13H2,(H,21,26)(H,23,24,27). The van der Waals surface area contributed by atoms with E-state index in [0.29, 0.717) is 16.9 Å². The van der Waals surface area contributed by atoms with E-state index in [2.05, 4.69) is 20.4 Å². The van der Waals surface area contributed by atoms with Crippen molar-refractivity contribution in [1.82, 2.24) is 25.1 Å². The molecule has 2 aromatic heterocycles. The zero-order valence-electron chi connectivity index (χ0n) is 14.4. The molecule has 4 rings (SSSR count). The van der Waals surface area contributed by atoms with Crippen molar-refractivity contribution in [2.24, 2.45) is 0 Å². The maximum Gasteiger partial charge on any atom is 0.262 e. The lowest BCUT2D eigenvalue weighted by Crippen LogP contribution is -2.27. The van der Waals surface area contributed by atoms with Crippen molar-refractivity contribution in [1.29, 1.82) is 0 Å². The number of benzene rings is 2. The average molecular weight is 359 g/mol. The molecule has 2 N–H and O–H groups in total. The van der Waals surface area contributed by atoms with Gasteiger partial charge in [-0.15, -0.1) is 0 Å². The molecule has 0 atom stereocenters. The van der Waals surface area contributed by atoms with E-state index in [1.807, 2.05) is 60.7 Å². The molecule has 1 amide bonds. The molecule has 0 spiro atoms. The third kappa shape index (κ3) is 3.62. The second-order valence-corrected chi connectivity index (χ2v) is 6.08. The van der Waals surface area contributed by atoms with Crippen molar-refractivity contribution in [2.75, 3.05) is 0 Å². The van der Waals surface area contributed by atoms with E-state index in [0.717, 1.165) is 11.3 Å². The molecule has 0 saturated heterocycles. The summed E-state index contributed by atoms with van der Waals surface area (Å²) in [4.78, 5) is 31.6. The summed E-state index contributed by atoms with van der Waals surface area (Å²) in [6, 6.07) is 18.9. The van der Waals surface area contributed by atoms with Crippen molar-refractivity contribution >= 4 is 16.9 Å². The number of aromatic amines is 1. The molecule has 27 heavy (non-hydrogen) atoms. The summed E-state index contributed by atoms with van der Waals surface area (Å²) in [6.07, 6.45) is 1.77. The van der Waals surface area contributed by atoms with Gasteiger partial charge < -0.3 is 10.3 Å². The molecule has 0 fully saturated rings. The van der Waals surface area contributed by atoms with Gasteiger partial charge in [0.1, 0.15) is 11.2 Å². The molecule has 0 saturated carbocycles. The highest BCUT2D eigenvalue weighted by Crippen LogP contribution is 2.13. The van der Waals surface area contributed by atoms with Crippen LogP contribution in [0.25, 0.3) is 16.7 Å². The molecule has 7 nitrogen and oxygen atoms in total. The predicted molar refractivity (Wildman–Crippen MR) is 101 cm³/mol. The Kier molecular flexibility index (Phi) is 4.49. The van der Waals surface area contributed by atoms with Gasteiger partial charge >= 0.3 is 0 Å². The largest absolute Gasteiger partial charge is 0.349 e. The Bertz CT molecular complexity index is 1130. The van der Waals surface area contributed by atoms with Crippen molar-refractivity contribution in [3.63, 3.8) is 0 Å². The zero-order chi connectivity index (χ0) is 18.6. The molecule has 0 aliphatic carbocycles. The molecule has 0 aliphatic heterocycles. The van der Waals surface area contributed by atoms with Crippen LogP contribution in [0.2, 0.25) is 0 Å². The number of aromatic nitrogens is 4. The summed E-state index contributed by atoms with van der Waals surface area (Å²) >= 11 is 0. The average Bonchev–Trinajstić information content (AvgIpc) is 3.12. The summed E-state index contributed by atoms with van der Waals surface area (Å²) in [5.74, 6) is 0.243. The summed E-state index contributed by atoms with van der Waals surface area (Å²) in [5, 5.41) is 7.46. The first kappa shape index (κ1) is 16.7. The van der Waals surface area contributed by atoms with Crippen LogP contribution in [0.1, 0.15) is 11.4 Å². The third-order valence-corrected chi connectivity index (χ3v) is 4.15. The second kappa shape index (κ2) is 7.25. The highest BCUT2D eigenvalue weighted by Gasteiger charge is 2.12. The van der Waals surface area contributed by atoms with Crippen LogP contribution in [0.5, 0.6) is 0 Å². The fourth-order valence-electron chi connectivity index (χ4n) is 2.83. The number of fused-ring (bicyclic) bond motifs is 1. The molecule has 0 aliphatic rings. The van der Waals surface area contributed by atoms with Crippen LogP contribution in [0.3, 0.4) is 0 Å². The summed E-state index contributed by atoms with van der Waals surface area (Å²) in [6.45, 7) is 0.136. The van der Waals surface area contributed by atoms with Gasteiger partial charge in [0.25, 0.3) is 5.56 Å². The number of amides is 1. The molecule has 2 heterocycles. The lowest BCUT2D eigenvalue weighted by atomic mass is 10.1. The third-order valence-electron chi connectivity index (χ3n) is 4.15. The van der Waals surface area contributed by atoms with Crippen molar-refractivity contribution in [3.05, 3.63) is 88.6 Å². The van der Waals surface area contributed by atoms with Gasteiger partial charge in [0, 0.05) is 0 Å². The second-order valence-electron chi connectivity index (χ2n) is 6.08. The normalized spacial score (nSPS) is 10.8. The van der Waals surface area contributed by atoms with Crippen LogP contribution >= 0.6 is 0 Å². The Morgan fingerprint density at radius 2 is 1.74 bits per heavy atom. The predicted octanol–water partition coefficient (Wildman–Crippen LogP) is 1.97. The smallest absolute Gasteiger partial charge is 0.262 e. The summed E-state index contributed by atoms with van der Waals surface area (Å²) < 4.78 is 1.61. The number of carbonyl (C=O) groups is 1. The van der Waals surface area contributed by atoms with E-state index in [1.165, 1.54) is 6.20 Å². The first-order valence-corrected chi connectivity index (χ1v) is 8.54. The number of hydrogen-bond donors (Lipinski definition) is 2. The van der Waals surface area contributed by atoms with E-state index in [4.69, 9.17) is 0 Å².